The topological polar surface area (TPSA) is 82.3 Å². The Balaban J connectivity index is 1.75. The highest BCUT2D eigenvalue weighted by Gasteiger charge is 2.18. The van der Waals surface area contributed by atoms with E-state index in [1.807, 2.05) is 31.2 Å². The van der Waals surface area contributed by atoms with Crippen LogP contribution in [-0.4, -0.2) is 30.9 Å². The van der Waals surface area contributed by atoms with Crippen LogP contribution in [0.5, 0.6) is 5.75 Å². The molecule has 25 heavy (non-hydrogen) atoms. The number of ether oxygens (including phenoxy) is 1. The molecule has 0 aliphatic rings. The molecule has 0 fully saturated rings. The summed E-state index contributed by atoms with van der Waals surface area (Å²) in [5.41, 5.74) is 0.689. The van der Waals surface area contributed by atoms with Gasteiger partial charge in [0, 0.05) is 6.42 Å². The minimum absolute atomic E-state index is 0.0803. The van der Waals surface area contributed by atoms with E-state index in [1.54, 1.807) is 30.3 Å². The quantitative estimate of drug-likeness (QED) is 0.645. The van der Waals surface area contributed by atoms with Crippen molar-refractivity contribution in [2.75, 3.05) is 12.4 Å². The van der Waals surface area contributed by atoms with Gasteiger partial charge in [0.15, 0.2) is 15.7 Å². The summed E-state index contributed by atoms with van der Waals surface area (Å²) >= 11 is 0. The summed E-state index contributed by atoms with van der Waals surface area (Å²) in [6.45, 7) is 2.41. The number of para-hydroxylation sites is 1. The standard InChI is InChI=1S/C18H18N2O4S/c1-2-23-16-11-7-6-10-15(16)18-19-17(20-24-18)12-13-25(21,22)14-8-4-3-5-9-14/h3-11H,2,12-13H2,1H3. The van der Waals surface area contributed by atoms with Crippen molar-refractivity contribution in [3.05, 3.63) is 60.4 Å². The minimum atomic E-state index is -3.38. The Morgan fingerprint density at radius 1 is 1.04 bits per heavy atom. The van der Waals surface area contributed by atoms with Gasteiger partial charge < -0.3 is 9.26 Å². The number of nitrogens with zero attached hydrogens (tertiary/aromatic N) is 2. The maximum Gasteiger partial charge on any atom is 0.261 e. The van der Waals surface area contributed by atoms with Gasteiger partial charge in [-0.25, -0.2) is 8.42 Å². The van der Waals surface area contributed by atoms with Gasteiger partial charge in [-0.1, -0.05) is 35.5 Å². The Kier molecular flexibility index (Phi) is 5.14. The molecule has 0 bridgehead atoms. The van der Waals surface area contributed by atoms with Crippen molar-refractivity contribution in [2.45, 2.75) is 18.2 Å². The van der Waals surface area contributed by atoms with Crippen molar-refractivity contribution in [2.24, 2.45) is 0 Å². The first-order chi connectivity index (χ1) is 12.1. The summed E-state index contributed by atoms with van der Waals surface area (Å²) in [4.78, 5) is 4.59. The van der Waals surface area contributed by atoms with Crippen molar-refractivity contribution in [1.82, 2.24) is 10.1 Å². The molecule has 3 aromatic rings. The van der Waals surface area contributed by atoms with E-state index in [-0.39, 0.29) is 12.2 Å². The molecule has 0 aliphatic heterocycles. The molecule has 3 rings (SSSR count). The van der Waals surface area contributed by atoms with Crippen LogP contribution < -0.4 is 4.74 Å². The van der Waals surface area contributed by atoms with Crippen LogP contribution in [0, 0.1) is 0 Å². The van der Waals surface area contributed by atoms with Crippen molar-refractivity contribution in [3.8, 4) is 17.2 Å². The zero-order valence-corrected chi connectivity index (χ0v) is 14.6. The molecule has 1 heterocycles. The molecule has 0 saturated carbocycles. The average Bonchev–Trinajstić information content (AvgIpc) is 3.11. The Morgan fingerprint density at radius 3 is 2.52 bits per heavy atom. The van der Waals surface area contributed by atoms with E-state index in [0.29, 0.717) is 34.5 Å². The summed E-state index contributed by atoms with van der Waals surface area (Å²) in [5.74, 6) is 1.23. The zero-order valence-electron chi connectivity index (χ0n) is 13.8. The first-order valence-electron chi connectivity index (χ1n) is 7.93. The lowest BCUT2D eigenvalue weighted by Crippen LogP contribution is -2.09. The lowest BCUT2D eigenvalue weighted by atomic mass is 10.2. The summed E-state index contributed by atoms with van der Waals surface area (Å²) in [6.07, 6.45) is 0.178. The van der Waals surface area contributed by atoms with Gasteiger partial charge in [0.25, 0.3) is 5.89 Å². The van der Waals surface area contributed by atoms with Gasteiger partial charge in [-0.2, -0.15) is 4.98 Å². The van der Waals surface area contributed by atoms with Crippen molar-refractivity contribution < 1.29 is 17.7 Å². The van der Waals surface area contributed by atoms with Crippen LogP contribution in [0.2, 0.25) is 0 Å². The monoisotopic (exact) mass is 358 g/mol. The fourth-order valence-corrected chi connectivity index (χ4v) is 3.62. The number of sulfone groups is 1. The van der Waals surface area contributed by atoms with Crippen LogP contribution in [-0.2, 0) is 16.3 Å². The molecule has 0 atom stereocenters. The SMILES string of the molecule is CCOc1ccccc1-c1nc(CCS(=O)(=O)c2ccccc2)no1. The molecule has 0 unspecified atom stereocenters. The molecular formula is C18H18N2O4S. The molecule has 0 N–H and O–H groups in total. The first kappa shape index (κ1) is 17.2. The second-order valence-electron chi connectivity index (χ2n) is 5.33. The Morgan fingerprint density at radius 2 is 1.76 bits per heavy atom. The maximum atomic E-state index is 12.3. The van der Waals surface area contributed by atoms with Gasteiger partial charge in [0.2, 0.25) is 0 Å². The lowest BCUT2D eigenvalue weighted by Gasteiger charge is -2.05. The first-order valence-corrected chi connectivity index (χ1v) is 9.58. The summed E-state index contributed by atoms with van der Waals surface area (Å²) in [7, 11) is -3.38. The van der Waals surface area contributed by atoms with Crippen LogP contribution >= 0.6 is 0 Å². The molecule has 6 nitrogen and oxygen atoms in total. The third kappa shape index (κ3) is 4.06. The fourth-order valence-electron chi connectivity index (χ4n) is 2.36. The van der Waals surface area contributed by atoms with Crippen molar-refractivity contribution in [1.29, 1.82) is 0 Å². The van der Waals surface area contributed by atoms with E-state index in [9.17, 15) is 8.42 Å². The fraction of sp³-hybridized carbons (Fsp3) is 0.222. The molecule has 7 heteroatoms. The maximum absolute atomic E-state index is 12.3. The van der Waals surface area contributed by atoms with Crippen molar-refractivity contribution >= 4 is 9.84 Å². The predicted molar refractivity (Wildman–Crippen MR) is 93.1 cm³/mol. The highest BCUT2D eigenvalue weighted by Crippen LogP contribution is 2.28. The van der Waals surface area contributed by atoms with Gasteiger partial charge >= 0.3 is 0 Å². The predicted octanol–water partition coefficient (Wildman–Crippen LogP) is 3.15. The Bertz CT molecular complexity index is 936. The van der Waals surface area contributed by atoms with Gasteiger partial charge in [-0.15, -0.1) is 0 Å². The second-order valence-corrected chi connectivity index (χ2v) is 7.44. The van der Waals surface area contributed by atoms with E-state index in [4.69, 9.17) is 9.26 Å². The third-order valence-corrected chi connectivity index (χ3v) is 5.31. The summed E-state index contributed by atoms with van der Waals surface area (Å²) in [6, 6.07) is 15.7. The number of rotatable bonds is 7. The Labute approximate surface area is 146 Å². The molecular weight excluding hydrogens is 340 g/mol. The largest absolute Gasteiger partial charge is 0.493 e. The molecule has 0 spiro atoms. The van der Waals surface area contributed by atoms with E-state index in [0.717, 1.165) is 0 Å². The summed E-state index contributed by atoms with van der Waals surface area (Å²) in [5, 5.41) is 3.88. The lowest BCUT2D eigenvalue weighted by molar-refractivity contribution is 0.339. The molecule has 130 valence electrons. The molecule has 0 aliphatic carbocycles. The highest BCUT2D eigenvalue weighted by atomic mass is 32.2. The van der Waals surface area contributed by atoms with E-state index >= 15 is 0 Å². The van der Waals surface area contributed by atoms with Gasteiger partial charge in [-0.05, 0) is 31.2 Å². The number of aryl methyl sites for hydroxylation is 1. The zero-order chi connectivity index (χ0) is 17.7. The van der Waals surface area contributed by atoms with Gasteiger partial charge in [0.05, 0.1) is 22.8 Å². The van der Waals surface area contributed by atoms with Crippen LogP contribution in [0.3, 0.4) is 0 Å². The normalized spacial score (nSPS) is 11.4. The molecule has 0 radical (unpaired) electrons. The summed E-state index contributed by atoms with van der Waals surface area (Å²) < 4.78 is 35.5. The van der Waals surface area contributed by atoms with Gasteiger partial charge in [-0.3, -0.25) is 0 Å². The number of hydrogen-bond donors (Lipinski definition) is 0. The highest BCUT2D eigenvalue weighted by molar-refractivity contribution is 7.91. The van der Waals surface area contributed by atoms with Crippen LogP contribution in [0.1, 0.15) is 12.7 Å². The smallest absolute Gasteiger partial charge is 0.261 e. The second kappa shape index (κ2) is 7.48. The van der Waals surface area contributed by atoms with E-state index in [1.165, 1.54) is 0 Å². The molecule has 0 saturated heterocycles. The van der Waals surface area contributed by atoms with E-state index in [2.05, 4.69) is 10.1 Å². The van der Waals surface area contributed by atoms with Gasteiger partial charge in [0.1, 0.15) is 5.75 Å². The number of aromatic nitrogens is 2. The molecule has 2 aromatic carbocycles. The number of benzene rings is 2. The average molecular weight is 358 g/mol. The number of hydrogen-bond acceptors (Lipinski definition) is 6. The van der Waals surface area contributed by atoms with Crippen LogP contribution in [0.15, 0.2) is 64.0 Å². The van der Waals surface area contributed by atoms with E-state index < -0.39 is 9.84 Å². The third-order valence-electron chi connectivity index (χ3n) is 3.58. The van der Waals surface area contributed by atoms with Crippen LogP contribution in [0.4, 0.5) is 0 Å². The molecule has 0 amide bonds. The minimum Gasteiger partial charge on any atom is -0.493 e. The Hall–Kier alpha value is -2.67. The van der Waals surface area contributed by atoms with Crippen LogP contribution in [0.25, 0.3) is 11.5 Å². The molecule has 1 aromatic heterocycles. The van der Waals surface area contributed by atoms with Crippen molar-refractivity contribution in [3.63, 3.8) is 0 Å².